The van der Waals surface area contributed by atoms with Crippen molar-refractivity contribution in [2.24, 2.45) is 5.41 Å². The summed E-state index contributed by atoms with van der Waals surface area (Å²) in [6.07, 6.45) is 0. The molecule has 0 unspecified atom stereocenters. The molecule has 1 rings (SSSR count). The molecule has 0 aromatic carbocycles. The maximum Gasteiger partial charge on any atom is 0.0277 e. The molecule has 2 heteroatoms. The number of nitrogens with zero attached hydrogens (tertiary/aromatic N) is 1. The van der Waals surface area contributed by atoms with E-state index < -0.39 is 0 Å². The Morgan fingerprint density at radius 1 is 1.40 bits per heavy atom. The monoisotopic (exact) mass is 142 g/mol. The van der Waals surface area contributed by atoms with Crippen molar-refractivity contribution >= 4 is 0 Å². The summed E-state index contributed by atoms with van der Waals surface area (Å²) in [5, 5.41) is 3.40. The Bertz CT molecular complexity index is 118. The normalized spacial score (nSPS) is 31.5. The third-order valence-corrected chi connectivity index (χ3v) is 2.44. The van der Waals surface area contributed by atoms with Gasteiger partial charge in [0.05, 0.1) is 0 Å². The number of hydrogen-bond acceptors (Lipinski definition) is 2. The van der Waals surface area contributed by atoms with Gasteiger partial charge in [-0.05, 0) is 19.5 Å². The molecule has 0 bridgehead atoms. The van der Waals surface area contributed by atoms with Crippen molar-refractivity contribution in [1.29, 1.82) is 0 Å². The molecule has 1 heterocycles. The zero-order valence-corrected chi connectivity index (χ0v) is 7.44. The first-order valence-corrected chi connectivity index (χ1v) is 3.91. The van der Waals surface area contributed by atoms with Crippen LogP contribution in [0, 0.1) is 5.41 Å². The standard InChI is InChI=1S/C8H18N2/c1-8(2)6-9-5-7(8)10(3)4/h7,9H,5-6H2,1-4H3/t7-/m1/s1. The van der Waals surface area contributed by atoms with Crippen LogP contribution in [0.4, 0.5) is 0 Å². The van der Waals surface area contributed by atoms with Crippen molar-refractivity contribution in [2.75, 3.05) is 27.2 Å². The Morgan fingerprint density at radius 2 is 2.00 bits per heavy atom. The number of hydrogen-bond donors (Lipinski definition) is 1. The van der Waals surface area contributed by atoms with Gasteiger partial charge in [0.2, 0.25) is 0 Å². The van der Waals surface area contributed by atoms with Gasteiger partial charge in [-0.15, -0.1) is 0 Å². The van der Waals surface area contributed by atoms with Crippen molar-refractivity contribution in [2.45, 2.75) is 19.9 Å². The first-order chi connectivity index (χ1) is 4.54. The lowest BCUT2D eigenvalue weighted by Crippen LogP contribution is -2.39. The Kier molecular flexibility index (Phi) is 2.02. The van der Waals surface area contributed by atoms with Crippen LogP contribution in [-0.4, -0.2) is 38.1 Å². The molecule has 0 spiro atoms. The SMILES string of the molecule is CN(C)[C@@H]1CNCC1(C)C. The fourth-order valence-electron chi connectivity index (χ4n) is 1.81. The second-order valence-electron chi connectivity index (χ2n) is 4.10. The Hall–Kier alpha value is -0.0800. The van der Waals surface area contributed by atoms with Gasteiger partial charge >= 0.3 is 0 Å². The fourth-order valence-corrected chi connectivity index (χ4v) is 1.81. The van der Waals surface area contributed by atoms with Crippen molar-refractivity contribution in [3.63, 3.8) is 0 Å². The summed E-state index contributed by atoms with van der Waals surface area (Å²) in [6, 6.07) is 0.701. The Labute approximate surface area is 63.6 Å². The molecule has 1 aliphatic rings. The summed E-state index contributed by atoms with van der Waals surface area (Å²) in [6.45, 7) is 6.92. The van der Waals surface area contributed by atoms with Crippen LogP contribution in [0.1, 0.15) is 13.8 Å². The minimum atomic E-state index is 0.448. The second-order valence-corrected chi connectivity index (χ2v) is 4.10. The van der Waals surface area contributed by atoms with Gasteiger partial charge in [0.1, 0.15) is 0 Å². The van der Waals surface area contributed by atoms with Crippen LogP contribution in [0.5, 0.6) is 0 Å². The van der Waals surface area contributed by atoms with E-state index in [0.717, 1.165) is 13.1 Å². The highest BCUT2D eigenvalue weighted by Crippen LogP contribution is 2.26. The lowest BCUT2D eigenvalue weighted by Gasteiger charge is -2.31. The van der Waals surface area contributed by atoms with Gasteiger partial charge in [0, 0.05) is 19.1 Å². The molecule has 1 atom stereocenters. The van der Waals surface area contributed by atoms with Crippen LogP contribution in [0.15, 0.2) is 0 Å². The lowest BCUT2D eigenvalue weighted by atomic mass is 9.87. The summed E-state index contributed by atoms with van der Waals surface area (Å²) >= 11 is 0. The van der Waals surface area contributed by atoms with Crippen molar-refractivity contribution in [1.82, 2.24) is 10.2 Å². The maximum atomic E-state index is 3.40. The van der Waals surface area contributed by atoms with E-state index in [-0.39, 0.29) is 0 Å². The second kappa shape index (κ2) is 2.51. The van der Waals surface area contributed by atoms with Crippen molar-refractivity contribution in [3.8, 4) is 0 Å². The zero-order valence-electron chi connectivity index (χ0n) is 7.44. The average Bonchev–Trinajstić information content (AvgIpc) is 2.08. The summed E-state index contributed by atoms with van der Waals surface area (Å²) in [7, 11) is 4.30. The molecule has 10 heavy (non-hydrogen) atoms. The molecule has 0 amide bonds. The van der Waals surface area contributed by atoms with E-state index in [1.165, 1.54) is 0 Å². The molecule has 0 radical (unpaired) electrons. The quantitative estimate of drug-likeness (QED) is 0.575. The molecule has 0 saturated carbocycles. The van der Waals surface area contributed by atoms with Crippen LogP contribution in [0.3, 0.4) is 0 Å². The molecule has 1 N–H and O–H groups in total. The van der Waals surface area contributed by atoms with Crippen LogP contribution in [0.25, 0.3) is 0 Å². The molecule has 60 valence electrons. The van der Waals surface area contributed by atoms with E-state index in [9.17, 15) is 0 Å². The summed E-state index contributed by atoms with van der Waals surface area (Å²) in [4.78, 5) is 2.31. The van der Waals surface area contributed by atoms with E-state index in [2.05, 4.69) is 38.2 Å². The predicted molar refractivity (Wildman–Crippen MR) is 44.1 cm³/mol. The molecule has 1 saturated heterocycles. The van der Waals surface area contributed by atoms with Gasteiger partial charge < -0.3 is 10.2 Å². The highest BCUT2D eigenvalue weighted by molar-refractivity contribution is 4.93. The summed E-state index contributed by atoms with van der Waals surface area (Å²) in [5.41, 5.74) is 0.448. The Balaban J connectivity index is 2.59. The molecule has 0 aliphatic carbocycles. The van der Waals surface area contributed by atoms with E-state index in [0.29, 0.717) is 11.5 Å². The summed E-state index contributed by atoms with van der Waals surface area (Å²) < 4.78 is 0. The third-order valence-electron chi connectivity index (χ3n) is 2.44. The molecular weight excluding hydrogens is 124 g/mol. The van der Waals surface area contributed by atoms with E-state index in [1.807, 2.05) is 0 Å². The first-order valence-electron chi connectivity index (χ1n) is 3.91. The smallest absolute Gasteiger partial charge is 0.0277 e. The van der Waals surface area contributed by atoms with Crippen LogP contribution in [0.2, 0.25) is 0 Å². The van der Waals surface area contributed by atoms with E-state index in [4.69, 9.17) is 0 Å². The zero-order chi connectivity index (χ0) is 7.78. The minimum Gasteiger partial charge on any atom is -0.315 e. The first kappa shape index (κ1) is 8.02. The van der Waals surface area contributed by atoms with Crippen LogP contribution < -0.4 is 5.32 Å². The number of likely N-dealkylation sites (N-methyl/N-ethyl adjacent to an activating group) is 1. The van der Waals surface area contributed by atoms with Crippen molar-refractivity contribution < 1.29 is 0 Å². The van der Waals surface area contributed by atoms with Gasteiger partial charge in [-0.1, -0.05) is 13.8 Å². The van der Waals surface area contributed by atoms with Gasteiger partial charge in [0.15, 0.2) is 0 Å². The molecule has 0 aromatic rings. The average molecular weight is 142 g/mol. The lowest BCUT2D eigenvalue weighted by molar-refractivity contribution is 0.188. The number of nitrogens with one attached hydrogen (secondary N) is 1. The molecule has 2 nitrogen and oxygen atoms in total. The van der Waals surface area contributed by atoms with E-state index >= 15 is 0 Å². The molecule has 1 fully saturated rings. The summed E-state index contributed by atoms with van der Waals surface area (Å²) in [5.74, 6) is 0. The van der Waals surface area contributed by atoms with Gasteiger partial charge in [-0.3, -0.25) is 0 Å². The van der Waals surface area contributed by atoms with Gasteiger partial charge in [-0.25, -0.2) is 0 Å². The molecular formula is C8H18N2. The highest BCUT2D eigenvalue weighted by atomic mass is 15.2. The van der Waals surface area contributed by atoms with Gasteiger partial charge in [0.25, 0.3) is 0 Å². The molecule has 0 aromatic heterocycles. The maximum absolute atomic E-state index is 3.40. The highest BCUT2D eigenvalue weighted by Gasteiger charge is 2.35. The minimum absolute atomic E-state index is 0.448. The van der Waals surface area contributed by atoms with E-state index in [1.54, 1.807) is 0 Å². The third kappa shape index (κ3) is 1.32. The van der Waals surface area contributed by atoms with Crippen LogP contribution >= 0.6 is 0 Å². The topological polar surface area (TPSA) is 15.3 Å². The largest absolute Gasteiger partial charge is 0.315 e. The predicted octanol–water partition coefficient (Wildman–Crippen LogP) is 0.546. The molecule has 1 aliphatic heterocycles. The van der Waals surface area contributed by atoms with Gasteiger partial charge in [-0.2, -0.15) is 0 Å². The van der Waals surface area contributed by atoms with Crippen LogP contribution in [-0.2, 0) is 0 Å². The Morgan fingerprint density at radius 3 is 2.20 bits per heavy atom. The number of rotatable bonds is 1. The fraction of sp³-hybridized carbons (Fsp3) is 1.00. The van der Waals surface area contributed by atoms with Crippen molar-refractivity contribution in [3.05, 3.63) is 0 Å².